The maximum absolute atomic E-state index is 12.8. The van der Waals surface area contributed by atoms with Crippen molar-refractivity contribution in [2.75, 3.05) is 36.0 Å². The number of sulfonamides is 2. The van der Waals surface area contributed by atoms with E-state index in [4.69, 9.17) is 0 Å². The van der Waals surface area contributed by atoms with Gasteiger partial charge in [0.1, 0.15) is 11.0 Å². The number of hydrogen-bond acceptors (Lipinski definition) is 16. The number of aromatic nitrogens is 4. The van der Waals surface area contributed by atoms with Crippen molar-refractivity contribution in [3.05, 3.63) is 55.9 Å². The van der Waals surface area contributed by atoms with Crippen molar-refractivity contribution in [2.24, 2.45) is 20.5 Å². The molecule has 0 N–H and O–H groups in total. The van der Waals surface area contributed by atoms with E-state index >= 15 is 0 Å². The van der Waals surface area contributed by atoms with Gasteiger partial charge in [0, 0.05) is 37.6 Å². The standard InChI is InChI=1S/2C14H14F3N6O2S2.Ni/c2*1-2-23-5-3-4-9-6-10(19-21-13-20-18-8-26-13)11(7-12(9)23)22-27(24,25)14(15,16)17;/h2*6-8H,2-5H2,1H3;/q2*-1;+2. The summed E-state index contributed by atoms with van der Waals surface area (Å²) in [5.74, 6) is 0. The second kappa shape index (κ2) is 17.8. The van der Waals surface area contributed by atoms with Gasteiger partial charge in [-0.1, -0.05) is 46.2 Å². The van der Waals surface area contributed by atoms with Gasteiger partial charge in [0.2, 0.25) is 0 Å². The maximum Gasteiger partial charge on any atom is 2.00 e. The number of benzene rings is 2. The molecule has 0 radical (unpaired) electrons. The Kier molecular flexibility index (Phi) is 14.1. The second-order valence-corrected chi connectivity index (χ2v) is 16.0. The van der Waals surface area contributed by atoms with Crippen LogP contribution in [0.4, 0.5) is 70.7 Å². The first-order valence-electron chi connectivity index (χ1n) is 15.7. The largest absolute Gasteiger partial charge is 2.00 e. The first kappa shape index (κ1) is 43.7. The molecule has 0 saturated carbocycles. The minimum Gasteiger partial charge on any atom is -0.568 e. The van der Waals surface area contributed by atoms with Crippen LogP contribution in [0.1, 0.15) is 37.8 Å². The minimum absolute atomic E-state index is 0. The van der Waals surface area contributed by atoms with Crippen LogP contribution in [0.15, 0.2) is 55.7 Å². The molecular weight excluding hydrogens is 869 g/mol. The summed E-state index contributed by atoms with van der Waals surface area (Å²) in [7, 11) is -11.4. The van der Waals surface area contributed by atoms with E-state index < -0.39 is 42.4 Å². The molecule has 2 aromatic heterocycles. The molecule has 4 heterocycles. The number of nitrogens with zero attached hydrogens (tertiary/aromatic N) is 12. The summed E-state index contributed by atoms with van der Waals surface area (Å²) in [4.78, 5) is 3.90. The molecule has 300 valence electrons. The van der Waals surface area contributed by atoms with E-state index in [1.165, 1.54) is 35.3 Å². The number of azo groups is 2. The van der Waals surface area contributed by atoms with Crippen LogP contribution in [0.3, 0.4) is 0 Å². The van der Waals surface area contributed by atoms with E-state index in [0.717, 1.165) is 59.7 Å². The number of aryl methyl sites for hydroxylation is 2. The van der Waals surface area contributed by atoms with Crippen LogP contribution >= 0.6 is 22.7 Å². The summed E-state index contributed by atoms with van der Waals surface area (Å²) in [6.07, 6.45) is 3.12. The van der Waals surface area contributed by atoms with Gasteiger partial charge in [-0.05, 0) is 62.8 Å². The van der Waals surface area contributed by atoms with E-state index in [9.17, 15) is 43.2 Å². The van der Waals surface area contributed by atoms with E-state index in [2.05, 4.69) is 50.3 Å². The molecule has 2 aliphatic heterocycles. The Morgan fingerprint density at radius 3 is 1.36 bits per heavy atom. The zero-order valence-corrected chi connectivity index (χ0v) is 32.6. The van der Waals surface area contributed by atoms with Gasteiger partial charge in [-0.2, -0.15) is 26.3 Å². The molecule has 2 aromatic carbocycles. The van der Waals surface area contributed by atoms with Gasteiger partial charge in [0.25, 0.3) is 10.3 Å². The predicted octanol–water partition coefficient (Wildman–Crippen LogP) is 9.16. The molecule has 0 spiro atoms. The van der Waals surface area contributed by atoms with Gasteiger partial charge in [-0.15, -0.1) is 40.9 Å². The third kappa shape index (κ3) is 10.6. The molecule has 0 atom stereocenters. The molecular formula is C28H28F6N12NiO4S4. The van der Waals surface area contributed by atoms with Crippen molar-refractivity contribution in [3.63, 3.8) is 0 Å². The molecule has 0 amide bonds. The Labute approximate surface area is 328 Å². The quantitative estimate of drug-likeness (QED) is 0.0838. The van der Waals surface area contributed by atoms with E-state index in [1.54, 1.807) is 0 Å². The SMILES string of the molecule is CCN1CCCc2cc(N=Nc3nncs3)c([N-]S(=O)(=O)C(F)(F)F)cc21.CCN1CCCc2cc(N=Nc3nncs3)c([N-]S(=O)(=O)C(F)(F)F)cc21.[Ni+2]. The monoisotopic (exact) mass is 896 g/mol. The van der Waals surface area contributed by atoms with Crippen LogP contribution in [0, 0.1) is 0 Å². The minimum atomic E-state index is -5.72. The van der Waals surface area contributed by atoms with Gasteiger partial charge >= 0.3 is 27.5 Å². The third-order valence-electron chi connectivity index (χ3n) is 7.75. The van der Waals surface area contributed by atoms with E-state index in [-0.39, 0.29) is 38.1 Å². The molecule has 0 fully saturated rings. The van der Waals surface area contributed by atoms with Gasteiger partial charge in [-0.25, -0.2) is 16.8 Å². The normalized spacial score (nSPS) is 14.9. The summed E-state index contributed by atoms with van der Waals surface area (Å²) in [5, 5.41) is 30.2. The smallest absolute Gasteiger partial charge is 0.568 e. The molecule has 4 aromatic rings. The molecule has 16 nitrogen and oxygen atoms in total. The van der Waals surface area contributed by atoms with E-state index in [1.807, 2.05) is 23.6 Å². The van der Waals surface area contributed by atoms with Crippen LogP contribution in [-0.4, -0.2) is 74.4 Å². The average molecular weight is 898 g/mol. The number of rotatable bonds is 10. The van der Waals surface area contributed by atoms with Crippen LogP contribution < -0.4 is 9.80 Å². The zero-order chi connectivity index (χ0) is 39.3. The van der Waals surface area contributed by atoms with Crippen LogP contribution in [-0.2, 0) is 49.4 Å². The Morgan fingerprint density at radius 1 is 0.673 bits per heavy atom. The fourth-order valence-corrected chi connectivity index (χ4v) is 7.07. The molecule has 55 heavy (non-hydrogen) atoms. The Bertz CT molecular complexity index is 2050. The summed E-state index contributed by atoms with van der Waals surface area (Å²) >= 11 is 2.16. The summed E-state index contributed by atoms with van der Waals surface area (Å²) in [5.41, 5.74) is -6.16. The molecule has 0 saturated heterocycles. The Hall–Kier alpha value is -4.07. The Balaban J connectivity index is 0.000000240. The molecule has 27 heteroatoms. The van der Waals surface area contributed by atoms with Crippen molar-refractivity contribution in [3.8, 4) is 0 Å². The van der Waals surface area contributed by atoms with Crippen LogP contribution in [0.25, 0.3) is 9.44 Å². The van der Waals surface area contributed by atoms with Crippen molar-refractivity contribution >= 4 is 87.1 Å². The molecule has 0 bridgehead atoms. The van der Waals surface area contributed by atoms with Crippen LogP contribution in [0.2, 0.25) is 0 Å². The van der Waals surface area contributed by atoms with Gasteiger partial charge in [-0.3, -0.25) is 0 Å². The fraction of sp³-hybridized carbons (Fsp3) is 0.429. The number of alkyl halides is 6. The number of hydrogen-bond donors (Lipinski definition) is 0. The zero-order valence-electron chi connectivity index (χ0n) is 28.3. The summed E-state index contributed by atoms with van der Waals surface area (Å²) < 4.78 is 129. The number of halogens is 6. The van der Waals surface area contributed by atoms with Gasteiger partial charge in [0.15, 0.2) is 20.0 Å². The fourth-order valence-electron chi connectivity index (χ4n) is 5.31. The molecule has 6 rings (SSSR count). The van der Waals surface area contributed by atoms with Crippen molar-refractivity contribution < 1.29 is 59.7 Å². The Morgan fingerprint density at radius 2 is 1.05 bits per heavy atom. The first-order valence-corrected chi connectivity index (χ1v) is 20.3. The van der Waals surface area contributed by atoms with Crippen molar-refractivity contribution in [2.45, 2.75) is 50.5 Å². The van der Waals surface area contributed by atoms with Gasteiger partial charge in [0.05, 0.1) is 11.4 Å². The topological polar surface area (TPSA) is 204 Å². The molecule has 0 aliphatic carbocycles. The molecule has 0 unspecified atom stereocenters. The van der Waals surface area contributed by atoms with Crippen molar-refractivity contribution in [1.29, 1.82) is 0 Å². The van der Waals surface area contributed by atoms with E-state index in [0.29, 0.717) is 37.3 Å². The van der Waals surface area contributed by atoms with Gasteiger partial charge < -0.3 is 19.2 Å². The van der Waals surface area contributed by atoms with Crippen LogP contribution in [0.5, 0.6) is 0 Å². The third-order valence-corrected chi connectivity index (χ3v) is 10.9. The predicted molar refractivity (Wildman–Crippen MR) is 189 cm³/mol. The number of anilines is 2. The summed E-state index contributed by atoms with van der Waals surface area (Å²) in [6, 6.07) is 5.67. The molecule has 2 aliphatic rings. The first-order chi connectivity index (χ1) is 25.4. The van der Waals surface area contributed by atoms with Crippen molar-refractivity contribution in [1.82, 2.24) is 20.4 Å². The number of fused-ring (bicyclic) bond motifs is 2. The average Bonchev–Trinajstić information content (AvgIpc) is 3.83. The maximum atomic E-state index is 12.8. The summed E-state index contributed by atoms with van der Waals surface area (Å²) in [6.45, 7) is 6.51. The second-order valence-electron chi connectivity index (χ2n) is 11.2.